The van der Waals surface area contributed by atoms with Gasteiger partial charge >= 0.3 is 0 Å². The fraction of sp³-hybridized carbons (Fsp3) is 0.538. The molecular weight excluding hydrogens is 283 g/mol. The van der Waals surface area contributed by atoms with E-state index in [1.165, 1.54) is 19.2 Å². The predicted octanol–water partition coefficient (Wildman–Crippen LogP) is 1.33. The lowest BCUT2D eigenvalue weighted by Gasteiger charge is -2.19. The molecule has 0 aliphatic rings. The molecule has 0 aromatic heterocycles. The van der Waals surface area contributed by atoms with Gasteiger partial charge in [0.1, 0.15) is 5.82 Å². The molecule has 1 rings (SSSR count). The number of hydrogen-bond acceptors (Lipinski definition) is 4. The lowest BCUT2D eigenvalue weighted by molar-refractivity contribution is 0.0737. The van der Waals surface area contributed by atoms with E-state index < -0.39 is 15.8 Å². The molecule has 0 heterocycles. The van der Waals surface area contributed by atoms with Crippen LogP contribution < -0.4 is 5.73 Å². The molecule has 0 atom stereocenters. The third-order valence-electron chi connectivity index (χ3n) is 2.79. The van der Waals surface area contributed by atoms with Gasteiger partial charge in [-0.3, -0.25) is 0 Å². The van der Waals surface area contributed by atoms with Crippen LogP contribution in [0.1, 0.15) is 19.4 Å². The highest BCUT2D eigenvalue weighted by molar-refractivity contribution is 7.89. The minimum atomic E-state index is -3.77. The van der Waals surface area contributed by atoms with Crippen molar-refractivity contribution in [1.82, 2.24) is 4.31 Å². The lowest BCUT2D eigenvalue weighted by Crippen LogP contribution is -2.31. The number of likely N-dealkylation sites (N-methyl/N-ethyl adjacent to an activating group) is 1. The zero-order valence-corrected chi connectivity index (χ0v) is 12.8. The molecule has 2 N–H and O–H groups in total. The Labute approximate surface area is 119 Å². The third-order valence-corrected chi connectivity index (χ3v) is 4.73. The maximum atomic E-state index is 13.3. The first-order chi connectivity index (χ1) is 9.28. The van der Waals surface area contributed by atoms with Crippen molar-refractivity contribution in [1.29, 1.82) is 0 Å². The van der Waals surface area contributed by atoms with Crippen molar-refractivity contribution < 1.29 is 17.5 Å². The van der Waals surface area contributed by atoms with Gasteiger partial charge in [-0.05, 0) is 31.5 Å². The lowest BCUT2D eigenvalue weighted by atomic mass is 10.2. The van der Waals surface area contributed by atoms with Gasteiger partial charge in [-0.15, -0.1) is 0 Å². The van der Waals surface area contributed by atoms with Crippen LogP contribution in [0.25, 0.3) is 0 Å². The molecule has 20 heavy (non-hydrogen) atoms. The molecule has 0 aliphatic carbocycles. The highest BCUT2D eigenvalue weighted by Crippen LogP contribution is 2.20. The fourth-order valence-electron chi connectivity index (χ4n) is 1.64. The number of benzene rings is 1. The van der Waals surface area contributed by atoms with Crippen molar-refractivity contribution in [3.63, 3.8) is 0 Å². The number of ether oxygens (including phenoxy) is 1. The van der Waals surface area contributed by atoms with Crippen molar-refractivity contribution in [3.05, 3.63) is 29.6 Å². The Morgan fingerprint density at radius 1 is 1.40 bits per heavy atom. The Balaban J connectivity index is 2.95. The van der Waals surface area contributed by atoms with Crippen molar-refractivity contribution in [2.45, 2.75) is 31.4 Å². The van der Waals surface area contributed by atoms with Crippen LogP contribution in [0.15, 0.2) is 23.1 Å². The minimum absolute atomic E-state index is 0.0277. The van der Waals surface area contributed by atoms with Crippen molar-refractivity contribution in [3.8, 4) is 0 Å². The second-order valence-electron chi connectivity index (χ2n) is 4.70. The van der Waals surface area contributed by atoms with E-state index in [1.807, 2.05) is 13.8 Å². The number of rotatable bonds is 7. The quantitative estimate of drug-likeness (QED) is 0.825. The van der Waals surface area contributed by atoms with Gasteiger partial charge in [-0.25, -0.2) is 12.8 Å². The van der Waals surface area contributed by atoms with Crippen LogP contribution in [-0.4, -0.2) is 39.0 Å². The highest BCUT2D eigenvalue weighted by Gasteiger charge is 2.24. The first-order valence-corrected chi connectivity index (χ1v) is 7.79. The Hall–Kier alpha value is -1.02. The molecule has 114 valence electrons. The standard InChI is InChI=1S/C13H21FN2O3S/c1-10(2)19-7-6-16(3)20(17,18)13-8-12(14)5-4-11(13)9-15/h4-5,8,10H,6-7,9,15H2,1-3H3. The van der Waals surface area contributed by atoms with Gasteiger partial charge in [0.25, 0.3) is 0 Å². The summed E-state index contributed by atoms with van der Waals surface area (Å²) in [5.41, 5.74) is 5.90. The Bertz CT molecular complexity index is 547. The monoisotopic (exact) mass is 304 g/mol. The first-order valence-electron chi connectivity index (χ1n) is 6.35. The maximum absolute atomic E-state index is 13.3. The number of sulfonamides is 1. The molecule has 1 aromatic rings. The first kappa shape index (κ1) is 17.0. The SMILES string of the molecule is CC(C)OCCN(C)S(=O)(=O)c1cc(F)ccc1CN. The van der Waals surface area contributed by atoms with E-state index in [-0.39, 0.29) is 30.7 Å². The van der Waals surface area contributed by atoms with Gasteiger partial charge in [0, 0.05) is 20.1 Å². The van der Waals surface area contributed by atoms with Crippen LogP contribution in [-0.2, 0) is 21.3 Å². The summed E-state index contributed by atoms with van der Waals surface area (Å²) in [4.78, 5) is -0.0907. The van der Waals surface area contributed by atoms with Gasteiger partial charge in [0.2, 0.25) is 10.0 Å². The second kappa shape index (κ2) is 7.12. The molecule has 0 amide bonds. The van der Waals surface area contributed by atoms with Crippen LogP contribution >= 0.6 is 0 Å². The van der Waals surface area contributed by atoms with Crippen LogP contribution in [0.4, 0.5) is 4.39 Å². The van der Waals surface area contributed by atoms with Crippen molar-refractivity contribution in [2.24, 2.45) is 5.73 Å². The normalized spacial score (nSPS) is 12.3. The molecule has 7 heteroatoms. The Kier molecular flexibility index (Phi) is 6.07. The zero-order valence-electron chi connectivity index (χ0n) is 12.0. The van der Waals surface area contributed by atoms with Crippen molar-refractivity contribution >= 4 is 10.0 Å². The molecule has 0 unspecified atom stereocenters. The summed E-state index contributed by atoms with van der Waals surface area (Å²) < 4.78 is 44.5. The number of nitrogens with zero attached hydrogens (tertiary/aromatic N) is 1. The van der Waals surface area contributed by atoms with Gasteiger partial charge in [0.05, 0.1) is 17.6 Å². The van der Waals surface area contributed by atoms with Crippen LogP contribution in [0.5, 0.6) is 0 Å². The molecule has 0 saturated heterocycles. The van der Waals surface area contributed by atoms with Crippen LogP contribution in [0.3, 0.4) is 0 Å². The molecule has 0 bridgehead atoms. The summed E-state index contributed by atoms with van der Waals surface area (Å²) >= 11 is 0. The third kappa shape index (κ3) is 4.24. The molecule has 0 radical (unpaired) electrons. The topological polar surface area (TPSA) is 72.6 Å². The van der Waals surface area contributed by atoms with Gasteiger partial charge in [-0.2, -0.15) is 4.31 Å². The van der Waals surface area contributed by atoms with Crippen LogP contribution in [0.2, 0.25) is 0 Å². The van der Waals surface area contributed by atoms with Crippen LogP contribution in [0, 0.1) is 5.82 Å². The second-order valence-corrected chi connectivity index (χ2v) is 6.72. The summed E-state index contributed by atoms with van der Waals surface area (Å²) in [6.45, 7) is 4.24. The van der Waals surface area contributed by atoms with Gasteiger partial charge < -0.3 is 10.5 Å². The van der Waals surface area contributed by atoms with E-state index in [9.17, 15) is 12.8 Å². The van der Waals surface area contributed by atoms with E-state index in [4.69, 9.17) is 10.5 Å². The molecular formula is C13H21FN2O3S. The van der Waals surface area contributed by atoms with E-state index in [2.05, 4.69) is 0 Å². The van der Waals surface area contributed by atoms with E-state index in [0.717, 1.165) is 10.4 Å². The molecule has 0 saturated carbocycles. The summed E-state index contributed by atoms with van der Waals surface area (Å²) in [7, 11) is -2.33. The van der Waals surface area contributed by atoms with E-state index >= 15 is 0 Å². The molecule has 1 aromatic carbocycles. The average Bonchev–Trinajstić information content (AvgIpc) is 2.38. The molecule has 5 nitrogen and oxygen atoms in total. The summed E-state index contributed by atoms with van der Waals surface area (Å²) in [5.74, 6) is -0.604. The highest BCUT2D eigenvalue weighted by atomic mass is 32.2. The average molecular weight is 304 g/mol. The van der Waals surface area contributed by atoms with Crippen molar-refractivity contribution in [2.75, 3.05) is 20.2 Å². The number of hydrogen-bond donors (Lipinski definition) is 1. The smallest absolute Gasteiger partial charge is 0.243 e. The summed E-state index contributed by atoms with van der Waals surface area (Å²) in [6, 6.07) is 3.58. The Morgan fingerprint density at radius 2 is 2.05 bits per heavy atom. The predicted molar refractivity (Wildman–Crippen MR) is 75.2 cm³/mol. The van der Waals surface area contributed by atoms with Gasteiger partial charge in [0.15, 0.2) is 0 Å². The van der Waals surface area contributed by atoms with E-state index in [1.54, 1.807) is 0 Å². The number of nitrogens with two attached hydrogens (primary N) is 1. The summed E-state index contributed by atoms with van der Waals surface area (Å²) in [6.07, 6.45) is 0.0277. The maximum Gasteiger partial charge on any atom is 0.243 e. The summed E-state index contributed by atoms with van der Waals surface area (Å²) in [5, 5.41) is 0. The number of halogens is 1. The zero-order chi connectivity index (χ0) is 15.3. The molecule has 0 spiro atoms. The van der Waals surface area contributed by atoms with Gasteiger partial charge in [-0.1, -0.05) is 6.07 Å². The minimum Gasteiger partial charge on any atom is -0.377 e. The fourth-order valence-corrected chi connectivity index (χ4v) is 3.04. The molecule has 0 fully saturated rings. The van der Waals surface area contributed by atoms with E-state index in [0.29, 0.717) is 5.56 Å². The Morgan fingerprint density at radius 3 is 2.60 bits per heavy atom. The molecule has 0 aliphatic heterocycles. The largest absolute Gasteiger partial charge is 0.377 e.